The highest BCUT2D eigenvalue weighted by Gasteiger charge is 2.51. The molecule has 2 aromatic carbocycles. The van der Waals surface area contributed by atoms with Crippen molar-refractivity contribution >= 4 is 30.2 Å². The minimum Gasteiger partial charge on any atom is -0.399 e. The summed E-state index contributed by atoms with van der Waals surface area (Å²) >= 11 is 0. The summed E-state index contributed by atoms with van der Waals surface area (Å²) in [5, 5.41) is 8.59. The van der Waals surface area contributed by atoms with Crippen LogP contribution >= 0.6 is 0 Å². The number of amides is 2. The zero-order chi connectivity index (χ0) is 25.4. The molecule has 2 heterocycles. The first kappa shape index (κ1) is 24.7. The van der Waals surface area contributed by atoms with E-state index in [1.165, 1.54) is 23.0 Å². The molecule has 35 heavy (non-hydrogen) atoms. The van der Waals surface area contributed by atoms with Gasteiger partial charge < -0.3 is 14.6 Å². The van der Waals surface area contributed by atoms with Crippen LogP contribution in [0, 0.1) is 0 Å². The minimum absolute atomic E-state index is 0.00759. The lowest BCUT2D eigenvalue weighted by molar-refractivity contribution is -0.754. The number of aromatic nitrogens is 2. The molecule has 0 saturated carbocycles. The van der Waals surface area contributed by atoms with Gasteiger partial charge in [0.2, 0.25) is 11.8 Å². The molecule has 3 aromatic rings. The van der Waals surface area contributed by atoms with Gasteiger partial charge in [0.1, 0.15) is 0 Å². The van der Waals surface area contributed by atoms with E-state index in [1.54, 1.807) is 0 Å². The van der Waals surface area contributed by atoms with Gasteiger partial charge in [0.05, 0.1) is 16.8 Å². The molecule has 1 aliphatic rings. The molecule has 1 aromatic heterocycles. The molecule has 2 N–H and O–H groups in total. The molecule has 0 spiro atoms. The van der Waals surface area contributed by atoms with E-state index in [4.69, 9.17) is 13.8 Å². The number of carbonyl (C=O) groups excluding carboxylic acids is 1. The largest absolute Gasteiger partial charge is 0.494 e. The van der Waals surface area contributed by atoms with Crippen molar-refractivity contribution < 1.29 is 36.5 Å². The van der Waals surface area contributed by atoms with Gasteiger partial charge in [-0.2, -0.15) is 13.2 Å². The Morgan fingerprint density at radius 3 is 2.31 bits per heavy atom. The van der Waals surface area contributed by atoms with E-state index in [2.05, 4.69) is 15.9 Å². The molecule has 1 fully saturated rings. The number of hydrogen-bond donors (Lipinski definition) is 2. The minimum atomic E-state index is -4.51. The van der Waals surface area contributed by atoms with Gasteiger partial charge in [-0.05, 0) is 56.0 Å². The maximum absolute atomic E-state index is 12.8. The second kappa shape index (κ2) is 9.01. The van der Waals surface area contributed by atoms with E-state index in [9.17, 15) is 18.0 Å². The summed E-state index contributed by atoms with van der Waals surface area (Å²) in [6.07, 6.45) is -3.04. The SMILES string of the molecule is CC1(C)OB(c2ccc(C[n+]3cc(NC(=O)Nc4cccc(C(F)(F)F)c4)on3)cc2)OC1(C)C. The summed E-state index contributed by atoms with van der Waals surface area (Å²) in [4.78, 5) is 12.1. The molecule has 184 valence electrons. The Balaban J connectivity index is 1.34. The van der Waals surface area contributed by atoms with E-state index < -0.39 is 36.1 Å². The van der Waals surface area contributed by atoms with Crippen molar-refractivity contribution in [3.05, 3.63) is 65.9 Å². The summed E-state index contributed by atoms with van der Waals surface area (Å²) in [6.45, 7) is 8.34. The number of anilines is 2. The highest BCUT2D eigenvalue weighted by Crippen LogP contribution is 2.36. The third-order valence-corrected chi connectivity index (χ3v) is 6.04. The molecule has 0 bridgehead atoms. The number of rotatable bonds is 5. The molecule has 1 saturated heterocycles. The fraction of sp³-hybridized carbons (Fsp3) is 0.348. The summed E-state index contributed by atoms with van der Waals surface area (Å²) in [7, 11) is -0.458. The molecule has 0 aliphatic carbocycles. The van der Waals surface area contributed by atoms with Gasteiger partial charge in [0.15, 0.2) is 0 Å². The van der Waals surface area contributed by atoms with E-state index in [0.717, 1.165) is 23.2 Å². The van der Waals surface area contributed by atoms with Gasteiger partial charge >= 0.3 is 25.2 Å². The number of benzene rings is 2. The van der Waals surface area contributed by atoms with Crippen molar-refractivity contribution in [2.24, 2.45) is 0 Å². The maximum Gasteiger partial charge on any atom is 0.494 e. The Kier molecular flexibility index (Phi) is 6.37. The zero-order valence-electron chi connectivity index (χ0n) is 19.6. The predicted molar refractivity (Wildman–Crippen MR) is 122 cm³/mol. The van der Waals surface area contributed by atoms with Crippen LogP contribution in [0.4, 0.5) is 29.5 Å². The Morgan fingerprint density at radius 1 is 1.03 bits per heavy atom. The van der Waals surface area contributed by atoms with E-state index in [-0.39, 0.29) is 11.6 Å². The molecule has 0 unspecified atom stereocenters. The molecule has 0 atom stereocenters. The van der Waals surface area contributed by atoms with Crippen LogP contribution in [0.3, 0.4) is 0 Å². The predicted octanol–water partition coefficient (Wildman–Crippen LogP) is 3.97. The van der Waals surface area contributed by atoms with E-state index in [1.807, 2.05) is 52.0 Å². The van der Waals surface area contributed by atoms with Crippen LogP contribution in [-0.2, 0) is 22.0 Å². The molecule has 8 nitrogen and oxygen atoms in total. The number of alkyl halides is 3. The van der Waals surface area contributed by atoms with Crippen LogP contribution in [0.2, 0.25) is 0 Å². The number of halogens is 3. The first-order valence-corrected chi connectivity index (χ1v) is 10.9. The number of carbonyl (C=O) groups is 1. The standard InChI is InChI=1S/C23H24BF3N4O4/c1-21(2)22(3,4)35-24(34-21)17-10-8-15(9-11-17)13-31-14-19(33-30-31)29-20(32)28-18-7-5-6-16(12-18)23(25,26)27/h5-12,14H,13H2,1-4H3,(H-,28,29,30,32)/p+1. The summed E-state index contributed by atoms with van der Waals surface area (Å²) < 4.78 is 57.2. The summed E-state index contributed by atoms with van der Waals surface area (Å²) in [5.41, 5.74) is 0.0896. The molecular formula is C23H25BF3N4O4+. The van der Waals surface area contributed by atoms with Gasteiger partial charge in [-0.1, -0.05) is 30.3 Å². The van der Waals surface area contributed by atoms with Crippen molar-refractivity contribution in [1.29, 1.82) is 0 Å². The highest BCUT2D eigenvalue weighted by molar-refractivity contribution is 6.62. The second-order valence-corrected chi connectivity index (χ2v) is 9.25. The normalized spacial score (nSPS) is 16.8. The number of hydrogen-bond acceptors (Lipinski definition) is 5. The van der Waals surface area contributed by atoms with Crippen LogP contribution in [0.25, 0.3) is 0 Å². The lowest BCUT2D eigenvalue weighted by Gasteiger charge is -2.32. The Labute approximate surface area is 200 Å². The molecular weight excluding hydrogens is 464 g/mol. The average Bonchev–Trinajstić information content (AvgIpc) is 3.28. The number of nitrogens with zero attached hydrogens (tertiary/aromatic N) is 2. The topological polar surface area (TPSA) is 89.5 Å². The quantitative estimate of drug-likeness (QED) is 0.418. The number of urea groups is 1. The first-order chi connectivity index (χ1) is 16.3. The number of nitrogens with one attached hydrogen (secondary N) is 2. The zero-order valence-corrected chi connectivity index (χ0v) is 19.6. The van der Waals surface area contributed by atoms with Gasteiger partial charge in [-0.3, -0.25) is 9.84 Å². The van der Waals surface area contributed by atoms with E-state index >= 15 is 0 Å². The average molecular weight is 489 g/mol. The first-order valence-electron chi connectivity index (χ1n) is 10.9. The lowest BCUT2D eigenvalue weighted by atomic mass is 9.79. The summed E-state index contributed by atoms with van der Waals surface area (Å²) in [5.74, 6) is 0.0308. The fourth-order valence-electron chi connectivity index (χ4n) is 3.40. The van der Waals surface area contributed by atoms with Gasteiger partial charge in [-0.25, -0.2) is 4.79 Å². The molecule has 2 amide bonds. The Bertz CT molecular complexity index is 1200. The van der Waals surface area contributed by atoms with Crippen molar-refractivity contribution in [3.63, 3.8) is 0 Å². The van der Waals surface area contributed by atoms with Crippen LogP contribution in [0.15, 0.2) is 59.3 Å². The van der Waals surface area contributed by atoms with Crippen molar-refractivity contribution in [2.45, 2.75) is 51.6 Å². The third kappa shape index (κ3) is 5.65. The molecule has 1 aliphatic heterocycles. The lowest BCUT2D eigenvalue weighted by Crippen LogP contribution is -2.41. The van der Waals surface area contributed by atoms with Gasteiger partial charge in [-0.15, -0.1) is 0 Å². The van der Waals surface area contributed by atoms with Gasteiger partial charge in [0, 0.05) is 11.3 Å². The monoisotopic (exact) mass is 489 g/mol. The molecule has 0 radical (unpaired) electrons. The molecule has 4 rings (SSSR count). The highest BCUT2D eigenvalue weighted by atomic mass is 19.4. The molecule has 12 heteroatoms. The fourth-order valence-corrected chi connectivity index (χ4v) is 3.40. The Morgan fingerprint density at radius 2 is 1.69 bits per heavy atom. The Hall–Kier alpha value is -3.38. The van der Waals surface area contributed by atoms with Crippen molar-refractivity contribution in [3.8, 4) is 0 Å². The van der Waals surface area contributed by atoms with Crippen molar-refractivity contribution in [1.82, 2.24) is 5.27 Å². The van der Waals surface area contributed by atoms with Crippen LogP contribution in [0.1, 0.15) is 38.8 Å². The maximum atomic E-state index is 12.8. The smallest absolute Gasteiger partial charge is 0.399 e. The summed E-state index contributed by atoms with van der Waals surface area (Å²) in [6, 6.07) is 11.2. The van der Waals surface area contributed by atoms with Crippen molar-refractivity contribution in [2.75, 3.05) is 10.6 Å². The second-order valence-electron chi connectivity index (χ2n) is 9.25. The third-order valence-electron chi connectivity index (χ3n) is 6.04. The van der Waals surface area contributed by atoms with Gasteiger partial charge in [0.25, 0.3) is 6.20 Å². The van der Waals surface area contributed by atoms with Crippen LogP contribution in [0.5, 0.6) is 0 Å². The van der Waals surface area contributed by atoms with Crippen LogP contribution in [-0.4, -0.2) is 29.6 Å². The van der Waals surface area contributed by atoms with Crippen LogP contribution < -0.4 is 20.8 Å². The van der Waals surface area contributed by atoms with E-state index in [0.29, 0.717) is 6.54 Å².